The van der Waals surface area contributed by atoms with Crippen molar-refractivity contribution in [2.75, 3.05) is 0 Å². The number of alkyl halides is 3. The number of fused-ring (bicyclic) bond motifs is 1. The Morgan fingerprint density at radius 2 is 1.42 bits per heavy atom. The number of halogens is 3. The van der Waals surface area contributed by atoms with Gasteiger partial charge in [0.2, 0.25) is 5.91 Å². The molecule has 8 heteroatoms. The Bertz CT molecular complexity index is 1630. The number of rotatable bonds is 6. The SMILES string of the molecule is O=C(NCc1ccccc1)C(c1ccc(C(F)(F)F)cc1)n1c(=O)c(-c2ccccc2)nc2ccccc21. The van der Waals surface area contributed by atoms with Crippen LogP contribution in [0.4, 0.5) is 13.2 Å². The van der Waals surface area contributed by atoms with Gasteiger partial charge >= 0.3 is 6.18 Å². The van der Waals surface area contributed by atoms with Crippen LogP contribution in [0.3, 0.4) is 0 Å². The summed E-state index contributed by atoms with van der Waals surface area (Å²) in [5.74, 6) is -0.536. The zero-order chi connectivity index (χ0) is 26.7. The minimum absolute atomic E-state index is 0.136. The minimum Gasteiger partial charge on any atom is -0.350 e. The zero-order valence-electron chi connectivity index (χ0n) is 20.0. The minimum atomic E-state index is -4.54. The van der Waals surface area contributed by atoms with Crippen molar-refractivity contribution in [3.8, 4) is 11.3 Å². The van der Waals surface area contributed by atoms with Crippen LogP contribution < -0.4 is 10.9 Å². The Kier molecular flexibility index (Phi) is 6.79. The molecule has 5 nitrogen and oxygen atoms in total. The van der Waals surface area contributed by atoms with Gasteiger partial charge < -0.3 is 5.32 Å². The van der Waals surface area contributed by atoms with Crippen LogP contribution in [-0.4, -0.2) is 15.5 Å². The van der Waals surface area contributed by atoms with E-state index in [0.29, 0.717) is 16.6 Å². The Balaban J connectivity index is 1.69. The molecule has 4 aromatic carbocycles. The van der Waals surface area contributed by atoms with E-state index in [1.54, 1.807) is 48.5 Å². The molecule has 5 aromatic rings. The zero-order valence-corrected chi connectivity index (χ0v) is 20.0. The van der Waals surface area contributed by atoms with Crippen LogP contribution in [0.2, 0.25) is 0 Å². The van der Waals surface area contributed by atoms with Gasteiger partial charge in [-0.15, -0.1) is 0 Å². The number of carbonyl (C=O) groups excluding carboxylic acids is 1. The van der Waals surface area contributed by atoms with Crippen molar-refractivity contribution in [1.82, 2.24) is 14.9 Å². The first-order valence-corrected chi connectivity index (χ1v) is 11.9. The summed E-state index contributed by atoms with van der Waals surface area (Å²) in [7, 11) is 0. The maximum Gasteiger partial charge on any atom is 0.416 e. The predicted molar refractivity (Wildman–Crippen MR) is 139 cm³/mol. The molecule has 1 amide bonds. The first-order chi connectivity index (χ1) is 18.3. The summed E-state index contributed by atoms with van der Waals surface area (Å²) in [5, 5.41) is 2.85. The molecule has 0 aliphatic carbocycles. The second-order valence-electron chi connectivity index (χ2n) is 8.72. The Labute approximate surface area is 216 Å². The first kappa shape index (κ1) is 25.0. The first-order valence-electron chi connectivity index (χ1n) is 11.9. The Morgan fingerprint density at radius 3 is 2.08 bits per heavy atom. The summed E-state index contributed by atoms with van der Waals surface area (Å²) < 4.78 is 41.2. The van der Waals surface area contributed by atoms with E-state index < -0.39 is 29.2 Å². The quantitative estimate of drug-likeness (QED) is 0.304. The van der Waals surface area contributed by atoms with Crippen molar-refractivity contribution in [1.29, 1.82) is 0 Å². The van der Waals surface area contributed by atoms with Gasteiger partial charge in [0.25, 0.3) is 5.56 Å². The van der Waals surface area contributed by atoms with Gasteiger partial charge in [-0.1, -0.05) is 84.9 Å². The normalized spacial score (nSPS) is 12.3. The summed E-state index contributed by atoms with van der Waals surface area (Å²) >= 11 is 0. The smallest absolute Gasteiger partial charge is 0.350 e. The van der Waals surface area contributed by atoms with Crippen molar-refractivity contribution in [2.24, 2.45) is 0 Å². The van der Waals surface area contributed by atoms with Gasteiger partial charge in [0.05, 0.1) is 16.6 Å². The highest BCUT2D eigenvalue weighted by molar-refractivity contribution is 5.87. The molecule has 0 spiro atoms. The summed E-state index contributed by atoms with van der Waals surface area (Å²) in [6.07, 6.45) is -4.54. The molecule has 0 saturated heterocycles. The lowest BCUT2D eigenvalue weighted by atomic mass is 10.0. The largest absolute Gasteiger partial charge is 0.416 e. The number of nitrogens with zero attached hydrogens (tertiary/aromatic N) is 2. The molecule has 0 radical (unpaired) electrons. The third-order valence-corrected chi connectivity index (χ3v) is 6.21. The van der Waals surface area contributed by atoms with E-state index >= 15 is 0 Å². The van der Waals surface area contributed by atoms with Crippen LogP contribution in [0, 0.1) is 0 Å². The lowest BCUT2D eigenvalue weighted by Gasteiger charge is -2.23. The van der Waals surface area contributed by atoms with Crippen molar-refractivity contribution in [3.63, 3.8) is 0 Å². The van der Waals surface area contributed by atoms with E-state index in [1.165, 1.54) is 16.7 Å². The Morgan fingerprint density at radius 1 is 0.816 bits per heavy atom. The highest BCUT2D eigenvalue weighted by Gasteiger charge is 2.32. The number of carbonyl (C=O) groups is 1. The molecule has 5 rings (SSSR count). The van der Waals surface area contributed by atoms with Crippen molar-refractivity contribution < 1.29 is 18.0 Å². The van der Waals surface area contributed by atoms with Gasteiger partial charge in [-0.3, -0.25) is 14.2 Å². The molecular weight excluding hydrogens is 491 g/mol. The highest BCUT2D eigenvalue weighted by atomic mass is 19.4. The summed E-state index contributed by atoms with van der Waals surface area (Å²) in [6.45, 7) is 0.181. The van der Waals surface area contributed by atoms with E-state index in [9.17, 15) is 22.8 Å². The molecule has 0 bridgehead atoms. The summed E-state index contributed by atoms with van der Waals surface area (Å²) in [4.78, 5) is 32.2. The third kappa shape index (κ3) is 5.06. The third-order valence-electron chi connectivity index (χ3n) is 6.21. The van der Waals surface area contributed by atoms with Crippen LogP contribution in [-0.2, 0) is 17.5 Å². The number of hydrogen-bond acceptors (Lipinski definition) is 3. The monoisotopic (exact) mass is 513 g/mol. The molecule has 0 saturated carbocycles. The Hall–Kier alpha value is -4.72. The molecular formula is C30H22F3N3O2. The van der Waals surface area contributed by atoms with Crippen molar-refractivity contribution in [3.05, 3.63) is 136 Å². The molecule has 1 aromatic heterocycles. The van der Waals surface area contributed by atoms with E-state index in [2.05, 4.69) is 10.3 Å². The van der Waals surface area contributed by atoms with Crippen molar-refractivity contribution in [2.45, 2.75) is 18.8 Å². The van der Waals surface area contributed by atoms with E-state index in [-0.39, 0.29) is 17.8 Å². The molecule has 0 fully saturated rings. The number of amides is 1. The maximum absolute atomic E-state index is 13.9. The fourth-order valence-corrected chi connectivity index (χ4v) is 4.35. The number of hydrogen-bond donors (Lipinski definition) is 1. The van der Waals surface area contributed by atoms with E-state index in [4.69, 9.17) is 0 Å². The fraction of sp³-hybridized carbons (Fsp3) is 0.100. The molecule has 38 heavy (non-hydrogen) atoms. The number of nitrogens with one attached hydrogen (secondary N) is 1. The van der Waals surface area contributed by atoms with Crippen LogP contribution in [0.15, 0.2) is 114 Å². The second kappa shape index (κ2) is 10.3. The van der Waals surface area contributed by atoms with Gasteiger partial charge in [-0.2, -0.15) is 13.2 Å². The topological polar surface area (TPSA) is 64.0 Å². The number of benzene rings is 4. The van der Waals surface area contributed by atoms with Crippen LogP contribution >= 0.6 is 0 Å². The molecule has 1 N–H and O–H groups in total. The van der Waals surface area contributed by atoms with Gasteiger partial charge in [-0.05, 0) is 35.4 Å². The molecule has 190 valence electrons. The molecule has 0 aliphatic rings. The van der Waals surface area contributed by atoms with Gasteiger partial charge in [0.15, 0.2) is 0 Å². The molecule has 0 aliphatic heterocycles. The fourth-order valence-electron chi connectivity index (χ4n) is 4.35. The summed E-state index contributed by atoms with van der Waals surface area (Å²) in [5.41, 5.74) is 1.25. The van der Waals surface area contributed by atoms with Gasteiger partial charge in [0.1, 0.15) is 11.7 Å². The average Bonchev–Trinajstić information content (AvgIpc) is 2.94. The lowest BCUT2D eigenvalue weighted by molar-refractivity contribution is -0.137. The standard InChI is InChI=1S/C30H22F3N3O2/c31-30(32,33)23-17-15-22(16-18-23)27(28(37)34-19-20-9-3-1-4-10-20)36-25-14-8-7-13-24(25)35-26(29(36)38)21-11-5-2-6-12-21/h1-18,27H,19H2,(H,34,37). The van der Waals surface area contributed by atoms with E-state index in [1.807, 2.05) is 36.4 Å². The average molecular weight is 514 g/mol. The van der Waals surface area contributed by atoms with Crippen molar-refractivity contribution >= 4 is 16.9 Å². The number of aromatic nitrogens is 2. The van der Waals surface area contributed by atoms with Crippen LogP contribution in [0.5, 0.6) is 0 Å². The molecule has 1 heterocycles. The molecule has 1 unspecified atom stereocenters. The second-order valence-corrected chi connectivity index (χ2v) is 8.72. The lowest BCUT2D eigenvalue weighted by Crippen LogP contribution is -2.38. The van der Waals surface area contributed by atoms with E-state index in [0.717, 1.165) is 17.7 Å². The molecule has 1 atom stereocenters. The van der Waals surface area contributed by atoms with Crippen LogP contribution in [0.25, 0.3) is 22.3 Å². The number of para-hydroxylation sites is 2. The summed E-state index contributed by atoms with van der Waals surface area (Å²) in [6, 6.07) is 28.0. The predicted octanol–water partition coefficient (Wildman–Crippen LogP) is 5.99. The maximum atomic E-state index is 13.9. The van der Waals surface area contributed by atoms with Crippen LogP contribution in [0.1, 0.15) is 22.7 Å². The highest BCUT2D eigenvalue weighted by Crippen LogP contribution is 2.31. The van der Waals surface area contributed by atoms with Gasteiger partial charge in [0, 0.05) is 12.1 Å². The van der Waals surface area contributed by atoms with Gasteiger partial charge in [-0.25, -0.2) is 4.98 Å².